The SMILES string of the molecule is CCNC(=O)[C@@H](N)C1S[C@H](CNc2cccc(NC(=O)CCN3CCCC3)c2)C(=O)N1CC. The summed E-state index contributed by atoms with van der Waals surface area (Å²) in [6.45, 7) is 8.08. The van der Waals surface area contributed by atoms with E-state index in [0.29, 0.717) is 26.1 Å². The Labute approximate surface area is 200 Å². The molecule has 2 fully saturated rings. The lowest BCUT2D eigenvalue weighted by molar-refractivity contribution is -0.131. The predicted octanol–water partition coefficient (Wildman–Crippen LogP) is 1.28. The van der Waals surface area contributed by atoms with Gasteiger partial charge in [-0.3, -0.25) is 14.4 Å². The Balaban J connectivity index is 1.52. The van der Waals surface area contributed by atoms with E-state index in [0.717, 1.165) is 31.0 Å². The predicted molar refractivity (Wildman–Crippen MR) is 133 cm³/mol. The van der Waals surface area contributed by atoms with Gasteiger partial charge in [0.25, 0.3) is 0 Å². The minimum absolute atomic E-state index is 0.00125. The number of amides is 3. The molecule has 3 amide bonds. The molecule has 2 aliphatic heterocycles. The van der Waals surface area contributed by atoms with Crippen LogP contribution in [0.5, 0.6) is 0 Å². The lowest BCUT2D eigenvalue weighted by Gasteiger charge is -2.26. The molecule has 5 N–H and O–H groups in total. The number of likely N-dealkylation sites (tertiary alicyclic amines) is 1. The van der Waals surface area contributed by atoms with Crippen LogP contribution in [0.2, 0.25) is 0 Å². The molecule has 0 aromatic heterocycles. The first-order valence-corrected chi connectivity index (χ1v) is 12.7. The first kappa shape index (κ1) is 25.3. The van der Waals surface area contributed by atoms with E-state index < -0.39 is 6.04 Å². The molecule has 0 aliphatic carbocycles. The van der Waals surface area contributed by atoms with Gasteiger partial charge in [-0.2, -0.15) is 0 Å². The van der Waals surface area contributed by atoms with Crippen LogP contribution in [0, 0.1) is 0 Å². The maximum Gasteiger partial charge on any atom is 0.239 e. The average molecular weight is 477 g/mol. The highest BCUT2D eigenvalue weighted by Gasteiger charge is 2.44. The van der Waals surface area contributed by atoms with Crippen LogP contribution in [0.4, 0.5) is 11.4 Å². The van der Waals surface area contributed by atoms with Crippen LogP contribution in [-0.2, 0) is 14.4 Å². The number of anilines is 2. The van der Waals surface area contributed by atoms with Crippen LogP contribution < -0.4 is 21.7 Å². The number of hydrogen-bond donors (Lipinski definition) is 4. The number of nitrogens with zero attached hydrogens (tertiary/aromatic N) is 2. The normalized spacial score (nSPS) is 21.8. The number of carbonyl (C=O) groups excluding carboxylic acids is 3. The average Bonchev–Trinajstić information content (AvgIpc) is 3.44. The van der Waals surface area contributed by atoms with Gasteiger partial charge in [0.1, 0.15) is 16.7 Å². The molecule has 2 aliphatic rings. The van der Waals surface area contributed by atoms with Crippen molar-refractivity contribution >= 4 is 40.9 Å². The number of carbonyl (C=O) groups is 3. The minimum atomic E-state index is -0.775. The summed E-state index contributed by atoms with van der Waals surface area (Å²) in [4.78, 5) is 41.4. The molecule has 0 spiro atoms. The lowest BCUT2D eigenvalue weighted by atomic mass is 10.2. The molecule has 0 radical (unpaired) electrons. The Morgan fingerprint density at radius 3 is 2.64 bits per heavy atom. The van der Waals surface area contributed by atoms with Crippen molar-refractivity contribution in [2.45, 2.75) is 49.8 Å². The van der Waals surface area contributed by atoms with Crippen LogP contribution in [0.15, 0.2) is 24.3 Å². The molecule has 0 saturated carbocycles. The van der Waals surface area contributed by atoms with Crippen molar-refractivity contribution < 1.29 is 14.4 Å². The van der Waals surface area contributed by atoms with E-state index in [9.17, 15) is 14.4 Å². The first-order valence-electron chi connectivity index (χ1n) is 11.8. The van der Waals surface area contributed by atoms with Crippen molar-refractivity contribution in [2.24, 2.45) is 5.73 Å². The van der Waals surface area contributed by atoms with Gasteiger partial charge in [-0.1, -0.05) is 6.07 Å². The highest BCUT2D eigenvalue weighted by molar-refractivity contribution is 8.01. The molecule has 3 rings (SSSR count). The zero-order valence-electron chi connectivity index (χ0n) is 19.5. The molecule has 2 saturated heterocycles. The molecule has 33 heavy (non-hydrogen) atoms. The number of hydrogen-bond acceptors (Lipinski definition) is 7. The van der Waals surface area contributed by atoms with Crippen LogP contribution >= 0.6 is 11.8 Å². The molecular weight excluding hydrogens is 440 g/mol. The maximum atomic E-state index is 12.9. The Bertz CT molecular complexity index is 832. The van der Waals surface area contributed by atoms with E-state index in [4.69, 9.17) is 5.73 Å². The molecule has 1 aromatic rings. The summed E-state index contributed by atoms with van der Waals surface area (Å²) in [7, 11) is 0. The third-order valence-corrected chi connectivity index (χ3v) is 7.49. The zero-order chi connectivity index (χ0) is 23.8. The van der Waals surface area contributed by atoms with Gasteiger partial charge in [0.2, 0.25) is 17.7 Å². The summed E-state index contributed by atoms with van der Waals surface area (Å²) in [5.74, 6) is -0.268. The second-order valence-electron chi connectivity index (χ2n) is 8.37. The summed E-state index contributed by atoms with van der Waals surface area (Å²) >= 11 is 1.42. The Morgan fingerprint density at radius 2 is 1.94 bits per heavy atom. The number of rotatable bonds is 11. The van der Waals surface area contributed by atoms with Crippen LogP contribution in [-0.4, -0.2) is 83.5 Å². The molecule has 9 nitrogen and oxygen atoms in total. The molecule has 2 heterocycles. The number of nitrogens with one attached hydrogen (secondary N) is 3. The molecule has 0 bridgehead atoms. The second-order valence-corrected chi connectivity index (χ2v) is 9.69. The van der Waals surface area contributed by atoms with Gasteiger partial charge < -0.3 is 31.5 Å². The monoisotopic (exact) mass is 476 g/mol. The first-order chi connectivity index (χ1) is 15.9. The second kappa shape index (κ2) is 12.2. The highest BCUT2D eigenvalue weighted by atomic mass is 32.2. The third kappa shape index (κ3) is 6.84. The quantitative estimate of drug-likeness (QED) is 0.380. The van der Waals surface area contributed by atoms with E-state index in [2.05, 4.69) is 20.9 Å². The third-order valence-electron chi connectivity index (χ3n) is 5.96. The summed E-state index contributed by atoms with van der Waals surface area (Å²) in [5.41, 5.74) is 7.69. The van der Waals surface area contributed by atoms with Crippen molar-refractivity contribution in [1.82, 2.24) is 15.1 Å². The summed E-state index contributed by atoms with van der Waals surface area (Å²) in [6, 6.07) is 6.72. The van der Waals surface area contributed by atoms with E-state index in [1.165, 1.54) is 24.6 Å². The fourth-order valence-electron chi connectivity index (χ4n) is 4.19. The zero-order valence-corrected chi connectivity index (χ0v) is 20.3. The minimum Gasteiger partial charge on any atom is -0.383 e. The summed E-state index contributed by atoms with van der Waals surface area (Å²) < 4.78 is 0. The van der Waals surface area contributed by atoms with Gasteiger partial charge in [-0.15, -0.1) is 11.8 Å². The summed E-state index contributed by atoms with van der Waals surface area (Å²) in [5, 5.41) is 8.26. The van der Waals surface area contributed by atoms with E-state index in [1.807, 2.05) is 38.1 Å². The van der Waals surface area contributed by atoms with Crippen molar-refractivity contribution in [2.75, 3.05) is 49.9 Å². The van der Waals surface area contributed by atoms with Gasteiger partial charge in [0, 0.05) is 44.0 Å². The van der Waals surface area contributed by atoms with Crippen LogP contribution in [0.1, 0.15) is 33.1 Å². The summed E-state index contributed by atoms with van der Waals surface area (Å²) in [6.07, 6.45) is 2.91. The van der Waals surface area contributed by atoms with Crippen molar-refractivity contribution in [1.29, 1.82) is 0 Å². The number of thioether (sulfide) groups is 1. The molecule has 182 valence electrons. The van der Waals surface area contributed by atoms with Crippen molar-refractivity contribution in [3.8, 4) is 0 Å². The van der Waals surface area contributed by atoms with E-state index in [-0.39, 0.29) is 28.3 Å². The topological polar surface area (TPSA) is 120 Å². The standard InChI is InChI=1S/C23H36N6O3S/c1-3-25-21(31)20(24)23-29(4-2)22(32)18(33-23)15-26-16-8-7-9-17(14-16)27-19(30)10-13-28-11-5-6-12-28/h7-9,14,18,20,23,26H,3-6,10-13,15,24H2,1-2H3,(H,25,31)(H,27,30)/t18-,20-,23?/m1/s1. The molecule has 1 unspecified atom stereocenters. The number of benzene rings is 1. The lowest BCUT2D eigenvalue weighted by Crippen LogP contribution is -2.52. The van der Waals surface area contributed by atoms with E-state index in [1.54, 1.807) is 4.90 Å². The Morgan fingerprint density at radius 1 is 1.21 bits per heavy atom. The van der Waals surface area contributed by atoms with Gasteiger partial charge in [0.05, 0.1) is 0 Å². The van der Waals surface area contributed by atoms with Gasteiger partial charge in [-0.05, 0) is 58.0 Å². The fourth-order valence-corrected chi connectivity index (χ4v) is 5.65. The van der Waals surface area contributed by atoms with Crippen molar-refractivity contribution in [3.05, 3.63) is 24.3 Å². The van der Waals surface area contributed by atoms with Gasteiger partial charge in [-0.25, -0.2) is 0 Å². The van der Waals surface area contributed by atoms with Gasteiger partial charge in [0.15, 0.2) is 0 Å². The largest absolute Gasteiger partial charge is 0.383 e. The van der Waals surface area contributed by atoms with Crippen LogP contribution in [0.25, 0.3) is 0 Å². The Hall–Kier alpha value is -2.30. The van der Waals surface area contributed by atoms with Crippen LogP contribution in [0.3, 0.4) is 0 Å². The highest BCUT2D eigenvalue weighted by Crippen LogP contribution is 2.33. The number of nitrogens with two attached hydrogens (primary N) is 1. The van der Waals surface area contributed by atoms with E-state index >= 15 is 0 Å². The van der Waals surface area contributed by atoms with Crippen molar-refractivity contribution in [3.63, 3.8) is 0 Å². The molecule has 10 heteroatoms. The fraction of sp³-hybridized carbons (Fsp3) is 0.609. The number of likely N-dealkylation sites (N-methyl/N-ethyl adjacent to an activating group) is 2. The molecule has 1 aromatic carbocycles. The Kier molecular flexibility index (Phi) is 9.40. The smallest absolute Gasteiger partial charge is 0.239 e. The molecular formula is C23H36N6O3S. The van der Waals surface area contributed by atoms with Gasteiger partial charge >= 0.3 is 0 Å². The molecule has 3 atom stereocenters. The maximum absolute atomic E-state index is 12.9.